The Labute approximate surface area is 135 Å². The number of benzene rings is 1. The van der Waals surface area contributed by atoms with E-state index in [9.17, 15) is 4.79 Å². The van der Waals surface area contributed by atoms with Gasteiger partial charge < -0.3 is 24.7 Å². The minimum absolute atomic E-state index is 0.00812. The van der Waals surface area contributed by atoms with Crippen LogP contribution in [-0.4, -0.2) is 41.9 Å². The minimum atomic E-state index is -0.172. The van der Waals surface area contributed by atoms with Crippen molar-refractivity contribution < 1.29 is 14.3 Å². The number of imidazole rings is 1. The molecule has 0 saturated carbocycles. The molecule has 124 valence electrons. The van der Waals surface area contributed by atoms with Crippen LogP contribution < -0.4 is 15.4 Å². The van der Waals surface area contributed by atoms with Gasteiger partial charge in [-0.15, -0.1) is 0 Å². The Balaban J connectivity index is 1.84. The van der Waals surface area contributed by atoms with E-state index in [1.54, 1.807) is 7.11 Å². The summed E-state index contributed by atoms with van der Waals surface area (Å²) >= 11 is 0. The monoisotopic (exact) mass is 318 g/mol. The molecule has 2 N–H and O–H groups in total. The number of carbonyl (C=O) groups excluding carboxylic acids is 1. The van der Waals surface area contributed by atoms with E-state index in [0.29, 0.717) is 19.8 Å². The van der Waals surface area contributed by atoms with Crippen LogP contribution in [0.4, 0.5) is 4.79 Å². The Morgan fingerprint density at radius 2 is 2.35 bits per heavy atom. The lowest BCUT2D eigenvalue weighted by Gasteiger charge is -2.26. The molecule has 1 aliphatic rings. The molecule has 0 saturated heterocycles. The third kappa shape index (κ3) is 3.24. The zero-order valence-electron chi connectivity index (χ0n) is 13.6. The molecule has 7 heteroatoms. The first-order valence-electron chi connectivity index (χ1n) is 7.75. The number of hydrogen-bond acceptors (Lipinski definition) is 4. The van der Waals surface area contributed by atoms with Gasteiger partial charge in [0.2, 0.25) is 0 Å². The predicted molar refractivity (Wildman–Crippen MR) is 86.6 cm³/mol. The van der Waals surface area contributed by atoms with E-state index in [1.165, 1.54) is 0 Å². The van der Waals surface area contributed by atoms with Crippen molar-refractivity contribution >= 4 is 17.1 Å². The molecule has 0 radical (unpaired) electrons. The molecule has 2 heterocycles. The van der Waals surface area contributed by atoms with Crippen molar-refractivity contribution in [1.82, 2.24) is 20.2 Å². The Bertz CT molecular complexity index is 711. The van der Waals surface area contributed by atoms with E-state index in [2.05, 4.69) is 20.2 Å². The lowest BCUT2D eigenvalue weighted by atomic mass is 10.2. The average molecular weight is 318 g/mol. The molecular formula is C16H22N4O3. The van der Waals surface area contributed by atoms with Gasteiger partial charge in [0.15, 0.2) is 0 Å². The van der Waals surface area contributed by atoms with Crippen LogP contribution in [0.2, 0.25) is 0 Å². The SMILES string of the molecule is COc1ccc2nc3n(c2c1)C(CNC(=O)NC(C)C)COC3. The van der Waals surface area contributed by atoms with E-state index < -0.39 is 0 Å². The highest BCUT2D eigenvalue weighted by atomic mass is 16.5. The average Bonchev–Trinajstić information content (AvgIpc) is 2.90. The Morgan fingerprint density at radius 1 is 1.52 bits per heavy atom. The number of hydrogen-bond donors (Lipinski definition) is 2. The van der Waals surface area contributed by atoms with Crippen molar-refractivity contribution in [3.8, 4) is 5.75 Å². The molecule has 1 aliphatic heterocycles. The van der Waals surface area contributed by atoms with E-state index in [1.807, 2.05) is 32.0 Å². The summed E-state index contributed by atoms with van der Waals surface area (Å²) in [6.45, 7) is 5.35. The highest BCUT2D eigenvalue weighted by molar-refractivity contribution is 5.78. The van der Waals surface area contributed by atoms with Crippen LogP contribution in [0.25, 0.3) is 11.0 Å². The van der Waals surface area contributed by atoms with Crippen LogP contribution in [-0.2, 0) is 11.3 Å². The van der Waals surface area contributed by atoms with Crippen LogP contribution in [0.5, 0.6) is 5.75 Å². The Hall–Kier alpha value is -2.28. The standard InChI is InChI=1S/C16H22N4O3/c1-10(2)18-16(21)17-7-11-8-23-9-15-19-13-5-4-12(22-3)6-14(13)20(11)15/h4-6,10-11H,7-9H2,1-3H3,(H2,17,18,21). The fraction of sp³-hybridized carbons (Fsp3) is 0.500. The summed E-state index contributed by atoms with van der Waals surface area (Å²) in [6, 6.07) is 5.74. The zero-order chi connectivity index (χ0) is 16.4. The Kier molecular flexibility index (Phi) is 4.38. The zero-order valence-corrected chi connectivity index (χ0v) is 13.6. The summed E-state index contributed by atoms with van der Waals surface area (Å²) in [5.74, 6) is 1.66. The highest BCUT2D eigenvalue weighted by Crippen LogP contribution is 2.28. The lowest BCUT2D eigenvalue weighted by molar-refractivity contribution is 0.0572. The smallest absolute Gasteiger partial charge is 0.315 e. The molecule has 23 heavy (non-hydrogen) atoms. The highest BCUT2D eigenvalue weighted by Gasteiger charge is 2.24. The summed E-state index contributed by atoms with van der Waals surface area (Å²) in [4.78, 5) is 16.4. The van der Waals surface area contributed by atoms with Crippen LogP contribution in [0.1, 0.15) is 25.7 Å². The second-order valence-corrected chi connectivity index (χ2v) is 5.93. The number of fused-ring (bicyclic) bond motifs is 3. The first-order valence-corrected chi connectivity index (χ1v) is 7.75. The molecule has 2 aromatic rings. The third-order valence-electron chi connectivity index (χ3n) is 3.79. The number of carbonyl (C=O) groups is 1. The van der Waals surface area contributed by atoms with E-state index in [4.69, 9.17) is 9.47 Å². The molecule has 2 amide bonds. The van der Waals surface area contributed by atoms with Crippen molar-refractivity contribution in [2.24, 2.45) is 0 Å². The predicted octanol–water partition coefficient (Wildman–Crippen LogP) is 1.82. The lowest BCUT2D eigenvalue weighted by Crippen LogP contribution is -2.43. The fourth-order valence-corrected chi connectivity index (χ4v) is 2.79. The number of nitrogens with zero attached hydrogens (tertiary/aromatic N) is 2. The molecule has 3 rings (SSSR count). The number of rotatable bonds is 4. The van der Waals surface area contributed by atoms with Gasteiger partial charge in [-0.3, -0.25) is 0 Å². The van der Waals surface area contributed by atoms with Gasteiger partial charge in [0.1, 0.15) is 18.2 Å². The largest absolute Gasteiger partial charge is 0.497 e. The molecule has 0 fully saturated rings. The number of methoxy groups -OCH3 is 1. The fourth-order valence-electron chi connectivity index (χ4n) is 2.79. The van der Waals surface area contributed by atoms with Gasteiger partial charge in [0.25, 0.3) is 0 Å². The van der Waals surface area contributed by atoms with Crippen molar-refractivity contribution in [2.45, 2.75) is 32.5 Å². The quantitative estimate of drug-likeness (QED) is 0.901. The van der Waals surface area contributed by atoms with Gasteiger partial charge in [0.05, 0.1) is 30.8 Å². The summed E-state index contributed by atoms with van der Waals surface area (Å²) in [5, 5.41) is 5.72. The number of urea groups is 1. The van der Waals surface area contributed by atoms with Crippen molar-refractivity contribution in [1.29, 1.82) is 0 Å². The van der Waals surface area contributed by atoms with Gasteiger partial charge in [-0.2, -0.15) is 0 Å². The number of nitrogens with one attached hydrogen (secondary N) is 2. The van der Waals surface area contributed by atoms with Gasteiger partial charge in [-0.05, 0) is 26.0 Å². The van der Waals surface area contributed by atoms with Gasteiger partial charge >= 0.3 is 6.03 Å². The molecule has 1 atom stereocenters. The molecule has 1 unspecified atom stereocenters. The number of ether oxygens (including phenoxy) is 2. The number of amides is 2. The topological polar surface area (TPSA) is 77.4 Å². The van der Waals surface area contributed by atoms with Gasteiger partial charge in [-0.1, -0.05) is 0 Å². The first kappa shape index (κ1) is 15.6. The molecule has 0 bridgehead atoms. The Morgan fingerprint density at radius 3 is 3.09 bits per heavy atom. The van der Waals surface area contributed by atoms with E-state index >= 15 is 0 Å². The van der Waals surface area contributed by atoms with Gasteiger partial charge in [0, 0.05) is 18.7 Å². The molecule has 7 nitrogen and oxygen atoms in total. The maximum atomic E-state index is 11.8. The van der Waals surface area contributed by atoms with Gasteiger partial charge in [-0.25, -0.2) is 9.78 Å². The summed E-state index contributed by atoms with van der Waals surface area (Å²) in [7, 11) is 1.65. The van der Waals surface area contributed by atoms with Crippen molar-refractivity contribution in [3.05, 3.63) is 24.0 Å². The molecule has 1 aromatic carbocycles. The number of aromatic nitrogens is 2. The van der Waals surface area contributed by atoms with E-state index in [0.717, 1.165) is 22.6 Å². The van der Waals surface area contributed by atoms with Crippen LogP contribution in [0.15, 0.2) is 18.2 Å². The van der Waals surface area contributed by atoms with Crippen molar-refractivity contribution in [3.63, 3.8) is 0 Å². The van der Waals surface area contributed by atoms with Crippen LogP contribution in [0, 0.1) is 0 Å². The second-order valence-electron chi connectivity index (χ2n) is 5.93. The summed E-state index contributed by atoms with van der Waals surface area (Å²) < 4.78 is 13.1. The van der Waals surface area contributed by atoms with Crippen molar-refractivity contribution in [2.75, 3.05) is 20.3 Å². The molecule has 0 spiro atoms. The van der Waals surface area contributed by atoms with E-state index in [-0.39, 0.29) is 18.1 Å². The van der Waals surface area contributed by atoms with Crippen LogP contribution >= 0.6 is 0 Å². The normalized spacial score (nSPS) is 17.1. The third-order valence-corrected chi connectivity index (χ3v) is 3.79. The minimum Gasteiger partial charge on any atom is -0.497 e. The summed E-state index contributed by atoms with van der Waals surface area (Å²) in [5.41, 5.74) is 1.90. The molecular weight excluding hydrogens is 296 g/mol. The molecule has 1 aromatic heterocycles. The maximum Gasteiger partial charge on any atom is 0.315 e. The molecule has 0 aliphatic carbocycles. The maximum absolute atomic E-state index is 11.8. The summed E-state index contributed by atoms with van der Waals surface area (Å²) in [6.07, 6.45) is 0. The first-order chi connectivity index (χ1) is 11.1. The van der Waals surface area contributed by atoms with Crippen LogP contribution in [0.3, 0.4) is 0 Å². The second kappa shape index (κ2) is 6.45.